The molecule has 0 aliphatic rings. The molecule has 0 unspecified atom stereocenters. The van der Waals surface area contributed by atoms with E-state index in [9.17, 15) is 8.42 Å². The van der Waals surface area contributed by atoms with Gasteiger partial charge in [0.05, 0.1) is 5.75 Å². The van der Waals surface area contributed by atoms with Gasteiger partial charge in [0, 0.05) is 19.3 Å². The summed E-state index contributed by atoms with van der Waals surface area (Å²) in [6.45, 7) is 4.44. The van der Waals surface area contributed by atoms with Crippen molar-refractivity contribution in [3.05, 3.63) is 0 Å². The largest absolute Gasteiger partial charge is 0.317 e. The first-order valence-corrected chi connectivity index (χ1v) is 8.68. The Bertz CT molecular complexity index is 256. The Balaban J connectivity index is 3.77. The minimum atomic E-state index is -3.04. The molecule has 0 saturated carbocycles. The van der Waals surface area contributed by atoms with Crippen molar-refractivity contribution < 1.29 is 8.42 Å². The fourth-order valence-corrected chi connectivity index (χ4v) is 2.96. The van der Waals surface area contributed by atoms with Crippen LogP contribution in [0.1, 0.15) is 19.8 Å². The van der Waals surface area contributed by atoms with Crippen molar-refractivity contribution in [1.29, 1.82) is 0 Å². The van der Waals surface area contributed by atoms with E-state index in [0.29, 0.717) is 13.0 Å². The molecule has 0 aliphatic heterocycles. The maximum atomic E-state index is 11.8. The van der Waals surface area contributed by atoms with Gasteiger partial charge >= 0.3 is 0 Å². The molecule has 0 aromatic carbocycles. The molecule has 0 heterocycles. The van der Waals surface area contributed by atoms with Crippen LogP contribution in [-0.2, 0) is 10.0 Å². The number of hydrogen-bond acceptors (Lipinski definition) is 4. The summed E-state index contributed by atoms with van der Waals surface area (Å²) in [6, 6.07) is 0. The van der Waals surface area contributed by atoms with Crippen LogP contribution < -0.4 is 5.32 Å². The summed E-state index contributed by atoms with van der Waals surface area (Å²) in [6.07, 6.45) is 3.75. The van der Waals surface area contributed by atoms with Crippen LogP contribution in [0.15, 0.2) is 0 Å². The maximum absolute atomic E-state index is 11.8. The molecule has 16 heavy (non-hydrogen) atoms. The van der Waals surface area contributed by atoms with Gasteiger partial charge in [0.1, 0.15) is 0 Å². The zero-order valence-electron chi connectivity index (χ0n) is 10.5. The van der Waals surface area contributed by atoms with Crippen LogP contribution in [0.2, 0.25) is 0 Å². The van der Waals surface area contributed by atoms with E-state index in [1.165, 1.54) is 4.31 Å². The number of sulfonamides is 1. The first kappa shape index (κ1) is 16.2. The Kier molecular flexibility index (Phi) is 9.40. The van der Waals surface area contributed by atoms with E-state index in [2.05, 4.69) is 12.2 Å². The van der Waals surface area contributed by atoms with E-state index >= 15 is 0 Å². The molecule has 0 aliphatic carbocycles. The Morgan fingerprint density at radius 3 is 2.56 bits per heavy atom. The van der Waals surface area contributed by atoms with Crippen molar-refractivity contribution in [2.75, 3.05) is 44.4 Å². The normalized spacial score (nSPS) is 12.2. The van der Waals surface area contributed by atoms with E-state index in [1.54, 1.807) is 18.8 Å². The lowest BCUT2D eigenvalue weighted by Crippen LogP contribution is -2.32. The monoisotopic (exact) mass is 268 g/mol. The van der Waals surface area contributed by atoms with Crippen molar-refractivity contribution in [2.24, 2.45) is 0 Å². The lowest BCUT2D eigenvalue weighted by Gasteiger charge is -2.16. The number of hydrogen-bond donors (Lipinski definition) is 1. The van der Waals surface area contributed by atoms with Crippen LogP contribution in [0.3, 0.4) is 0 Å². The van der Waals surface area contributed by atoms with E-state index in [0.717, 1.165) is 25.3 Å². The fraction of sp³-hybridized carbons (Fsp3) is 1.00. The third kappa shape index (κ3) is 7.49. The summed E-state index contributed by atoms with van der Waals surface area (Å²) in [5, 5.41) is 3.20. The third-order valence-corrected chi connectivity index (χ3v) is 4.80. The molecule has 0 saturated heterocycles. The molecule has 1 N–H and O–H groups in total. The predicted molar refractivity (Wildman–Crippen MR) is 72.6 cm³/mol. The minimum absolute atomic E-state index is 0.245. The van der Waals surface area contributed by atoms with Crippen molar-refractivity contribution in [3.63, 3.8) is 0 Å². The standard InChI is InChI=1S/C10H24N2O2S2/c1-4-6-11-7-5-10-16(13,14)12(2)8-9-15-3/h11H,4-10H2,1-3H3. The molecule has 0 aromatic rings. The summed E-state index contributed by atoms with van der Waals surface area (Å²) in [5.41, 5.74) is 0. The third-order valence-electron chi connectivity index (χ3n) is 2.27. The first-order chi connectivity index (χ1) is 7.54. The topological polar surface area (TPSA) is 49.4 Å². The molecule has 0 radical (unpaired) electrons. The summed E-state index contributed by atoms with van der Waals surface area (Å²) in [5.74, 6) is 1.10. The molecule has 0 amide bonds. The van der Waals surface area contributed by atoms with Gasteiger partial charge in [-0.05, 0) is 32.2 Å². The molecule has 6 heteroatoms. The van der Waals surface area contributed by atoms with Gasteiger partial charge in [-0.2, -0.15) is 11.8 Å². The second-order valence-corrected chi connectivity index (χ2v) is 6.91. The van der Waals surface area contributed by atoms with Crippen molar-refractivity contribution in [1.82, 2.24) is 9.62 Å². The second-order valence-electron chi connectivity index (χ2n) is 3.73. The Morgan fingerprint density at radius 2 is 2.00 bits per heavy atom. The molecule has 98 valence electrons. The summed E-state index contributed by atoms with van der Waals surface area (Å²) in [4.78, 5) is 0. The molecular formula is C10H24N2O2S2. The van der Waals surface area contributed by atoms with Crippen molar-refractivity contribution >= 4 is 21.8 Å². The van der Waals surface area contributed by atoms with Crippen LogP contribution in [0.5, 0.6) is 0 Å². The van der Waals surface area contributed by atoms with E-state index in [-0.39, 0.29) is 5.75 Å². The molecule has 4 nitrogen and oxygen atoms in total. The second kappa shape index (κ2) is 9.27. The molecule has 0 bridgehead atoms. The first-order valence-electron chi connectivity index (χ1n) is 5.68. The summed E-state index contributed by atoms with van der Waals surface area (Å²) < 4.78 is 25.0. The van der Waals surface area contributed by atoms with Gasteiger partial charge < -0.3 is 5.32 Å². The van der Waals surface area contributed by atoms with Crippen LogP contribution in [-0.4, -0.2) is 57.2 Å². The Hall–Kier alpha value is 0.220. The van der Waals surface area contributed by atoms with Gasteiger partial charge in [0.15, 0.2) is 0 Å². The van der Waals surface area contributed by atoms with Gasteiger partial charge in [0.2, 0.25) is 10.0 Å². The Labute approximate surface area is 104 Å². The van der Waals surface area contributed by atoms with E-state index in [1.807, 2.05) is 6.26 Å². The van der Waals surface area contributed by atoms with Crippen LogP contribution in [0, 0.1) is 0 Å². The van der Waals surface area contributed by atoms with Gasteiger partial charge in [-0.1, -0.05) is 6.92 Å². The van der Waals surface area contributed by atoms with Gasteiger partial charge in [0.25, 0.3) is 0 Å². The molecular weight excluding hydrogens is 244 g/mol. The quantitative estimate of drug-likeness (QED) is 0.601. The smallest absolute Gasteiger partial charge is 0.213 e. The van der Waals surface area contributed by atoms with Gasteiger partial charge in [-0.15, -0.1) is 0 Å². The minimum Gasteiger partial charge on any atom is -0.317 e. The lowest BCUT2D eigenvalue weighted by molar-refractivity contribution is 0.485. The highest BCUT2D eigenvalue weighted by atomic mass is 32.2. The number of nitrogens with zero attached hydrogens (tertiary/aromatic N) is 1. The highest BCUT2D eigenvalue weighted by Crippen LogP contribution is 2.02. The van der Waals surface area contributed by atoms with Crippen LogP contribution in [0.25, 0.3) is 0 Å². The highest BCUT2D eigenvalue weighted by molar-refractivity contribution is 7.98. The van der Waals surface area contributed by atoms with E-state index in [4.69, 9.17) is 0 Å². The van der Waals surface area contributed by atoms with Crippen LogP contribution in [0.4, 0.5) is 0 Å². The van der Waals surface area contributed by atoms with Gasteiger partial charge in [-0.3, -0.25) is 0 Å². The fourth-order valence-electron chi connectivity index (χ4n) is 1.20. The summed E-state index contributed by atoms with van der Waals surface area (Å²) in [7, 11) is -1.38. The number of thioether (sulfide) groups is 1. The van der Waals surface area contributed by atoms with Crippen molar-refractivity contribution in [2.45, 2.75) is 19.8 Å². The average molecular weight is 268 g/mol. The van der Waals surface area contributed by atoms with Gasteiger partial charge in [-0.25, -0.2) is 12.7 Å². The lowest BCUT2D eigenvalue weighted by atomic mass is 10.4. The molecule has 0 aromatic heterocycles. The van der Waals surface area contributed by atoms with Crippen molar-refractivity contribution in [3.8, 4) is 0 Å². The van der Waals surface area contributed by atoms with Crippen LogP contribution >= 0.6 is 11.8 Å². The molecule has 0 atom stereocenters. The zero-order valence-corrected chi connectivity index (χ0v) is 12.2. The highest BCUT2D eigenvalue weighted by Gasteiger charge is 2.16. The molecule has 0 spiro atoms. The Morgan fingerprint density at radius 1 is 1.31 bits per heavy atom. The number of rotatable bonds is 10. The number of nitrogens with one attached hydrogen (secondary N) is 1. The predicted octanol–water partition coefficient (Wildman–Crippen LogP) is 1.00. The molecule has 0 fully saturated rings. The zero-order chi connectivity index (χ0) is 12.4. The average Bonchev–Trinajstić information content (AvgIpc) is 2.25. The van der Waals surface area contributed by atoms with E-state index < -0.39 is 10.0 Å². The molecule has 0 rings (SSSR count). The summed E-state index contributed by atoms with van der Waals surface area (Å²) >= 11 is 1.66. The maximum Gasteiger partial charge on any atom is 0.213 e. The SMILES string of the molecule is CCCNCCCS(=O)(=O)N(C)CCSC.